The van der Waals surface area contributed by atoms with Crippen molar-refractivity contribution in [2.45, 2.75) is 13.8 Å². The Morgan fingerprint density at radius 2 is 2.16 bits per heavy atom. The Kier molecular flexibility index (Phi) is 5.07. The summed E-state index contributed by atoms with van der Waals surface area (Å²) in [4.78, 5) is 13.9. The third kappa shape index (κ3) is 5.39. The average Bonchev–Trinajstić information content (AvgIpc) is 2.24. The Balaban J connectivity index is 2.75. The highest BCUT2D eigenvalue weighted by atomic mass is 35.7. The highest BCUT2D eigenvalue weighted by Gasteiger charge is 2.19. The number of nitrogens with zero attached hydrogens (tertiary/aromatic N) is 2. The molecule has 0 aliphatic heterocycles. The van der Waals surface area contributed by atoms with Crippen molar-refractivity contribution in [1.82, 2.24) is 4.98 Å². The van der Waals surface area contributed by atoms with Gasteiger partial charge in [-0.3, -0.25) is 0 Å². The zero-order valence-corrected chi connectivity index (χ0v) is 11.9. The molecule has 9 heteroatoms. The number of aryl methyl sites for hydroxylation is 1. The minimum atomic E-state index is -3.62. The van der Waals surface area contributed by atoms with Gasteiger partial charge in [-0.1, -0.05) is 6.92 Å². The van der Waals surface area contributed by atoms with E-state index in [0.717, 1.165) is 0 Å². The molecule has 1 heterocycles. The summed E-state index contributed by atoms with van der Waals surface area (Å²) in [6.45, 7) is 3.24. The minimum Gasteiger partial charge on any atom is -0.485 e. The fourth-order valence-electron chi connectivity index (χ4n) is 1.39. The SMILES string of the molecule is Cc1ccc(OCC(C)CS(=O)(=O)Cl)c([N+](=O)[O-])n1. The molecule has 0 radical (unpaired) electrons. The first-order valence-corrected chi connectivity index (χ1v) is 7.84. The fourth-order valence-corrected chi connectivity index (χ4v) is 2.81. The van der Waals surface area contributed by atoms with E-state index < -0.39 is 14.0 Å². The van der Waals surface area contributed by atoms with Gasteiger partial charge in [-0.25, -0.2) is 8.42 Å². The second-order valence-corrected chi connectivity index (χ2v) is 6.97. The lowest BCUT2D eigenvalue weighted by Crippen LogP contribution is -2.17. The van der Waals surface area contributed by atoms with Crippen molar-refractivity contribution in [3.63, 3.8) is 0 Å². The first-order chi connectivity index (χ1) is 8.69. The van der Waals surface area contributed by atoms with Gasteiger partial charge in [0.2, 0.25) is 14.8 Å². The zero-order valence-electron chi connectivity index (χ0n) is 10.4. The van der Waals surface area contributed by atoms with Gasteiger partial charge in [0.25, 0.3) is 0 Å². The predicted molar refractivity (Wildman–Crippen MR) is 69.9 cm³/mol. The third-order valence-corrected chi connectivity index (χ3v) is 3.50. The zero-order chi connectivity index (χ0) is 14.6. The van der Waals surface area contributed by atoms with Crippen molar-refractivity contribution in [2.75, 3.05) is 12.4 Å². The van der Waals surface area contributed by atoms with Crippen molar-refractivity contribution in [2.24, 2.45) is 5.92 Å². The van der Waals surface area contributed by atoms with Crippen molar-refractivity contribution < 1.29 is 18.1 Å². The molecular formula is C10H13ClN2O5S. The molecule has 0 aromatic carbocycles. The van der Waals surface area contributed by atoms with Crippen LogP contribution in [0.1, 0.15) is 12.6 Å². The van der Waals surface area contributed by atoms with Crippen LogP contribution in [0.3, 0.4) is 0 Å². The molecule has 0 saturated heterocycles. The molecule has 106 valence electrons. The van der Waals surface area contributed by atoms with Crippen LogP contribution in [0.4, 0.5) is 5.82 Å². The Labute approximate surface area is 115 Å². The van der Waals surface area contributed by atoms with E-state index in [-0.39, 0.29) is 29.8 Å². The van der Waals surface area contributed by atoms with Crippen LogP contribution in [0.2, 0.25) is 0 Å². The number of halogens is 1. The number of ether oxygens (including phenoxy) is 1. The molecular weight excluding hydrogens is 296 g/mol. The van der Waals surface area contributed by atoms with Crippen molar-refractivity contribution in [1.29, 1.82) is 0 Å². The highest BCUT2D eigenvalue weighted by Crippen LogP contribution is 2.25. The number of pyridine rings is 1. The Bertz CT molecular complexity index is 575. The quantitative estimate of drug-likeness (QED) is 0.452. The molecule has 0 saturated carbocycles. The normalized spacial score (nSPS) is 13.0. The van der Waals surface area contributed by atoms with Gasteiger partial charge in [0.1, 0.15) is 5.69 Å². The Morgan fingerprint density at radius 3 is 2.68 bits per heavy atom. The maximum Gasteiger partial charge on any atom is 0.406 e. The summed E-state index contributed by atoms with van der Waals surface area (Å²) in [5, 5.41) is 10.8. The Hall–Kier alpha value is -1.41. The summed E-state index contributed by atoms with van der Waals surface area (Å²) in [7, 11) is 1.49. The predicted octanol–water partition coefficient (Wildman–Crippen LogP) is 1.88. The number of aromatic nitrogens is 1. The van der Waals surface area contributed by atoms with Gasteiger partial charge in [0.15, 0.2) is 0 Å². The monoisotopic (exact) mass is 308 g/mol. The molecule has 1 aromatic heterocycles. The summed E-state index contributed by atoms with van der Waals surface area (Å²) >= 11 is 0. The van der Waals surface area contributed by atoms with E-state index in [1.54, 1.807) is 19.9 Å². The molecule has 0 fully saturated rings. The highest BCUT2D eigenvalue weighted by molar-refractivity contribution is 8.13. The van der Waals surface area contributed by atoms with Crippen molar-refractivity contribution in [3.8, 4) is 5.75 Å². The molecule has 0 aliphatic rings. The number of rotatable bonds is 6. The summed E-state index contributed by atoms with van der Waals surface area (Å²) in [6.07, 6.45) is 0. The molecule has 7 nitrogen and oxygen atoms in total. The van der Waals surface area contributed by atoms with Crippen LogP contribution in [0.15, 0.2) is 12.1 Å². The molecule has 19 heavy (non-hydrogen) atoms. The van der Waals surface area contributed by atoms with E-state index in [2.05, 4.69) is 4.98 Å². The molecule has 0 bridgehead atoms. The van der Waals surface area contributed by atoms with Gasteiger partial charge in [-0.15, -0.1) is 0 Å². The van der Waals surface area contributed by atoms with Crippen LogP contribution in [-0.2, 0) is 9.05 Å². The van der Waals surface area contributed by atoms with E-state index in [1.165, 1.54) is 6.07 Å². The Morgan fingerprint density at radius 1 is 1.53 bits per heavy atom. The molecule has 1 aromatic rings. The van der Waals surface area contributed by atoms with Gasteiger partial charge in [0, 0.05) is 23.5 Å². The van der Waals surface area contributed by atoms with Gasteiger partial charge in [-0.2, -0.15) is 0 Å². The lowest BCUT2D eigenvalue weighted by molar-refractivity contribution is -0.390. The van der Waals surface area contributed by atoms with Crippen LogP contribution in [0.5, 0.6) is 5.75 Å². The largest absolute Gasteiger partial charge is 0.485 e. The van der Waals surface area contributed by atoms with Crippen LogP contribution >= 0.6 is 10.7 Å². The second-order valence-electron chi connectivity index (χ2n) is 4.15. The van der Waals surface area contributed by atoms with E-state index >= 15 is 0 Å². The van der Waals surface area contributed by atoms with E-state index in [9.17, 15) is 18.5 Å². The first kappa shape index (κ1) is 15.6. The van der Waals surface area contributed by atoms with Crippen LogP contribution < -0.4 is 4.74 Å². The van der Waals surface area contributed by atoms with E-state index in [1.807, 2.05) is 0 Å². The molecule has 0 amide bonds. The topological polar surface area (TPSA) is 99.4 Å². The smallest absolute Gasteiger partial charge is 0.406 e. The lowest BCUT2D eigenvalue weighted by Gasteiger charge is -2.11. The lowest BCUT2D eigenvalue weighted by atomic mass is 10.2. The summed E-state index contributed by atoms with van der Waals surface area (Å²) < 4.78 is 27.0. The van der Waals surface area contributed by atoms with E-state index in [4.69, 9.17) is 15.4 Å². The number of hydrogen-bond acceptors (Lipinski definition) is 6. The van der Waals surface area contributed by atoms with Crippen molar-refractivity contribution >= 4 is 25.6 Å². The average molecular weight is 309 g/mol. The molecule has 0 aliphatic carbocycles. The molecule has 0 spiro atoms. The maximum atomic E-state index is 10.9. The molecule has 1 rings (SSSR count). The van der Waals surface area contributed by atoms with Crippen LogP contribution in [0, 0.1) is 23.0 Å². The number of hydrogen-bond donors (Lipinski definition) is 0. The van der Waals surface area contributed by atoms with Gasteiger partial charge in [0.05, 0.1) is 12.4 Å². The van der Waals surface area contributed by atoms with E-state index in [0.29, 0.717) is 5.69 Å². The van der Waals surface area contributed by atoms with Crippen LogP contribution in [-0.4, -0.2) is 30.7 Å². The summed E-state index contributed by atoms with van der Waals surface area (Å²) in [6, 6.07) is 3.01. The fraction of sp³-hybridized carbons (Fsp3) is 0.500. The minimum absolute atomic E-state index is 0.00245. The van der Waals surface area contributed by atoms with Gasteiger partial charge in [-0.05, 0) is 22.0 Å². The van der Waals surface area contributed by atoms with Gasteiger partial charge >= 0.3 is 5.82 Å². The van der Waals surface area contributed by atoms with Crippen molar-refractivity contribution in [3.05, 3.63) is 27.9 Å². The molecule has 1 atom stereocenters. The molecule has 1 unspecified atom stereocenters. The third-order valence-electron chi connectivity index (χ3n) is 2.16. The van der Waals surface area contributed by atoms with Gasteiger partial charge < -0.3 is 14.9 Å². The number of nitro groups is 1. The van der Waals surface area contributed by atoms with Crippen LogP contribution in [0.25, 0.3) is 0 Å². The maximum absolute atomic E-state index is 10.9. The summed E-state index contributed by atoms with van der Waals surface area (Å²) in [5.41, 5.74) is 0.496. The second kappa shape index (κ2) is 6.16. The first-order valence-electron chi connectivity index (χ1n) is 5.36. The standard InChI is InChI=1S/C10H13ClN2O5S/c1-7(6-19(11,16)17)5-18-9-4-3-8(2)12-10(9)13(14)15/h3-4,7H,5-6H2,1-2H3. The summed E-state index contributed by atoms with van der Waals surface area (Å²) in [5.74, 6) is -1.03. The molecule has 0 N–H and O–H groups in total.